The van der Waals surface area contributed by atoms with Gasteiger partial charge in [-0.25, -0.2) is 9.79 Å². The van der Waals surface area contributed by atoms with E-state index < -0.39 is 12.0 Å². The summed E-state index contributed by atoms with van der Waals surface area (Å²) < 4.78 is 0. The molecule has 1 aromatic rings. The average Bonchev–Trinajstić information content (AvgIpc) is 2.19. The van der Waals surface area contributed by atoms with Crippen LogP contribution in [0.2, 0.25) is 0 Å². The smallest absolute Gasteiger partial charge is 0.328 e. The Morgan fingerprint density at radius 1 is 1.31 bits per heavy atom. The molecule has 0 aromatic heterocycles. The molecule has 6 nitrogen and oxygen atoms in total. The Morgan fingerprint density at radius 2 is 1.88 bits per heavy atom. The van der Waals surface area contributed by atoms with Crippen LogP contribution >= 0.6 is 0 Å². The van der Waals surface area contributed by atoms with E-state index in [2.05, 4.69) is 4.99 Å². The predicted molar refractivity (Wildman–Crippen MR) is 59.0 cm³/mol. The molecule has 0 saturated heterocycles. The Bertz CT molecular complexity index is 396. The number of rotatable bonds is 4. The lowest BCUT2D eigenvalue weighted by molar-refractivity contribution is -0.138. The van der Waals surface area contributed by atoms with Gasteiger partial charge in [-0.3, -0.25) is 0 Å². The summed E-state index contributed by atoms with van der Waals surface area (Å²) in [4.78, 5) is 14.4. The van der Waals surface area contributed by atoms with E-state index in [9.17, 15) is 4.79 Å². The Balaban J connectivity index is 2.80. The number of carbonyl (C=O) groups is 1. The Kier molecular flexibility index (Phi) is 3.71. The van der Waals surface area contributed by atoms with Gasteiger partial charge in [-0.1, -0.05) is 12.1 Å². The van der Waals surface area contributed by atoms with Crippen LogP contribution in [0.25, 0.3) is 0 Å². The molecule has 0 bridgehead atoms. The highest BCUT2D eigenvalue weighted by atomic mass is 16.4. The molecule has 16 heavy (non-hydrogen) atoms. The molecule has 0 aliphatic heterocycles. The van der Waals surface area contributed by atoms with E-state index >= 15 is 0 Å². The first-order chi connectivity index (χ1) is 7.49. The van der Waals surface area contributed by atoms with E-state index in [-0.39, 0.29) is 18.1 Å². The number of nitrogens with zero attached hydrogens (tertiary/aromatic N) is 1. The SMILES string of the molecule is NC(N)=N[C@H](Cc1ccc(O)cc1)C(=O)O. The summed E-state index contributed by atoms with van der Waals surface area (Å²) in [6, 6.07) is 5.18. The molecular weight excluding hydrogens is 210 g/mol. The third kappa shape index (κ3) is 3.49. The minimum Gasteiger partial charge on any atom is -0.508 e. The van der Waals surface area contributed by atoms with Crippen LogP contribution in [-0.4, -0.2) is 28.2 Å². The molecule has 0 saturated carbocycles. The van der Waals surface area contributed by atoms with Crippen molar-refractivity contribution in [1.82, 2.24) is 0 Å². The van der Waals surface area contributed by atoms with Crippen molar-refractivity contribution >= 4 is 11.9 Å². The number of phenolic OH excluding ortho intramolecular Hbond substituents is 1. The number of carboxylic acids is 1. The highest BCUT2D eigenvalue weighted by Crippen LogP contribution is 2.12. The molecule has 86 valence electrons. The summed E-state index contributed by atoms with van der Waals surface area (Å²) in [5, 5.41) is 17.9. The van der Waals surface area contributed by atoms with Crippen LogP contribution < -0.4 is 11.5 Å². The van der Waals surface area contributed by atoms with Gasteiger partial charge in [0.25, 0.3) is 0 Å². The lowest BCUT2D eigenvalue weighted by Gasteiger charge is -2.07. The zero-order valence-electron chi connectivity index (χ0n) is 8.50. The molecule has 0 radical (unpaired) electrons. The lowest BCUT2D eigenvalue weighted by atomic mass is 10.1. The number of guanidine groups is 1. The average molecular weight is 223 g/mol. The maximum Gasteiger partial charge on any atom is 0.328 e. The summed E-state index contributed by atoms with van der Waals surface area (Å²) in [5.74, 6) is -1.23. The van der Waals surface area contributed by atoms with Gasteiger partial charge in [0.15, 0.2) is 12.0 Å². The van der Waals surface area contributed by atoms with Crippen molar-refractivity contribution in [3.63, 3.8) is 0 Å². The molecule has 6 heteroatoms. The van der Waals surface area contributed by atoms with Gasteiger partial charge in [0.1, 0.15) is 5.75 Å². The fourth-order valence-corrected chi connectivity index (χ4v) is 1.22. The minimum atomic E-state index is -1.10. The number of nitrogens with two attached hydrogens (primary N) is 2. The number of benzene rings is 1. The second kappa shape index (κ2) is 5.01. The summed E-state index contributed by atoms with van der Waals surface area (Å²) >= 11 is 0. The molecule has 0 spiro atoms. The van der Waals surface area contributed by atoms with E-state index in [0.29, 0.717) is 0 Å². The molecule has 0 heterocycles. The van der Waals surface area contributed by atoms with Gasteiger partial charge in [-0.15, -0.1) is 0 Å². The second-order valence-corrected chi connectivity index (χ2v) is 3.28. The van der Waals surface area contributed by atoms with Crippen LogP contribution in [0, 0.1) is 0 Å². The van der Waals surface area contributed by atoms with E-state index in [1.807, 2.05) is 0 Å². The Labute approximate surface area is 92.2 Å². The topological polar surface area (TPSA) is 122 Å². The Hall–Kier alpha value is -2.24. The number of aromatic hydroxyl groups is 1. The summed E-state index contributed by atoms with van der Waals surface area (Å²) in [5.41, 5.74) is 11.0. The molecule has 1 rings (SSSR count). The van der Waals surface area contributed by atoms with Crippen molar-refractivity contribution < 1.29 is 15.0 Å². The standard InChI is InChI=1S/C10H13N3O3/c11-10(12)13-8(9(15)16)5-6-1-3-7(14)4-2-6/h1-4,8,14H,5H2,(H,15,16)(H4,11,12,13)/t8-/m1/s1. The molecule has 1 aromatic carbocycles. The van der Waals surface area contributed by atoms with Gasteiger partial charge in [-0.2, -0.15) is 0 Å². The number of phenols is 1. The van der Waals surface area contributed by atoms with Crippen LogP contribution in [0.5, 0.6) is 5.75 Å². The molecule has 0 fully saturated rings. The summed E-state index contributed by atoms with van der Waals surface area (Å²) in [6.07, 6.45) is 0.174. The van der Waals surface area contributed by atoms with Crippen LogP contribution in [0.15, 0.2) is 29.3 Å². The van der Waals surface area contributed by atoms with Crippen LogP contribution in [0.3, 0.4) is 0 Å². The van der Waals surface area contributed by atoms with E-state index in [1.54, 1.807) is 12.1 Å². The number of carboxylic acid groups (broad SMARTS) is 1. The molecule has 0 aliphatic rings. The molecular formula is C10H13N3O3. The van der Waals surface area contributed by atoms with Crippen molar-refractivity contribution in [1.29, 1.82) is 0 Å². The van der Waals surface area contributed by atoms with Gasteiger partial charge in [0.2, 0.25) is 0 Å². The van der Waals surface area contributed by atoms with E-state index in [0.717, 1.165) is 5.56 Å². The van der Waals surface area contributed by atoms with E-state index in [1.165, 1.54) is 12.1 Å². The largest absolute Gasteiger partial charge is 0.508 e. The quantitative estimate of drug-likeness (QED) is 0.411. The maximum absolute atomic E-state index is 10.8. The molecule has 0 aliphatic carbocycles. The zero-order valence-corrected chi connectivity index (χ0v) is 8.50. The lowest BCUT2D eigenvalue weighted by Crippen LogP contribution is -2.30. The first-order valence-electron chi connectivity index (χ1n) is 4.58. The molecule has 1 atom stereocenters. The number of hydrogen-bond acceptors (Lipinski definition) is 3. The first-order valence-corrected chi connectivity index (χ1v) is 4.58. The second-order valence-electron chi connectivity index (χ2n) is 3.28. The van der Waals surface area contributed by atoms with Gasteiger partial charge in [0, 0.05) is 6.42 Å². The van der Waals surface area contributed by atoms with Crippen molar-refractivity contribution in [2.45, 2.75) is 12.5 Å². The van der Waals surface area contributed by atoms with Crippen LogP contribution in [-0.2, 0) is 11.2 Å². The molecule has 0 amide bonds. The van der Waals surface area contributed by atoms with Crippen molar-refractivity contribution in [2.75, 3.05) is 0 Å². The number of aliphatic imine (C=N–C) groups is 1. The first kappa shape index (κ1) is 11.8. The zero-order chi connectivity index (χ0) is 12.1. The van der Waals surface area contributed by atoms with Gasteiger partial charge in [-0.05, 0) is 17.7 Å². The fourth-order valence-electron chi connectivity index (χ4n) is 1.22. The van der Waals surface area contributed by atoms with Crippen molar-refractivity contribution in [3.05, 3.63) is 29.8 Å². The van der Waals surface area contributed by atoms with Crippen molar-refractivity contribution in [2.24, 2.45) is 16.5 Å². The van der Waals surface area contributed by atoms with E-state index in [4.69, 9.17) is 21.7 Å². The third-order valence-electron chi connectivity index (χ3n) is 1.96. The van der Waals surface area contributed by atoms with Gasteiger partial charge >= 0.3 is 5.97 Å². The number of aliphatic carboxylic acids is 1. The predicted octanol–water partition coefficient (Wildman–Crippen LogP) is -0.339. The third-order valence-corrected chi connectivity index (χ3v) is 1.96. The minimum absolute atomic E-state index is 0.123. The highest BCUT2D eigenvalue weighted by molar-refractivity contribution is 5.81. The summed E-state index contributed by atoms with van der Waals surface area (Å²) in [6.45, 7) is 0. The fraction of sp³-hybridized carbons (Fsp3) is 0.200. The molecule has 6 N–H and O–H groups in total. The normalized spacial score (nSPS) is 11.8. The van der Waals surface area contributed by atoms with Crippen molar-refractivity contribution in [3.8, 4) is 5.75 Å². The van der Waals surface area contributed by atoms with Gasteiger partial charge < -0.3 is 21.7 Å². The summed E-state index contributed by atoms with van der Waals surface area (Å²) in [7, 11) is 0. The molecule has 0 unspecified atom stereocenters. The number of hydrogen-bond donors (Lipinski definition) is 4. The Morgan fingerprint density at radius 3 is 2.31 bits per heavy atom. The van der Waals surface area contributed by atoms with Gasteiger partial charge in [0.05, 0.1) is 0 Å². The monoisotopic (exact) mass is 223 g/mol. The van der Waals surface area contributed by atoms with Crippen LogP contribution in [0.1, 0.15) is 5.56 Å². The van der Waals surface area contributed by atoms with Crippen LogP contribution in [0.4, 0.5) is 0 Å². The highest BCUT2D eigenvalue weighted by Gasteiger charge is 2.16. The maximum atomic E-state index is 10.8.